The Balaban J connectivity index is 0.000000295. The number of piperidine rings is 4. The molecule has 0 aromatic heterocycles. The third-order valence-corrected chi connectivity index (χ3v) is 15.8. The predicted octanol–water partition coefficient (Wildman–Crippen LogP) is 12.0. The summed E-state index contributed by atoms with van der Waals surface area (Å²) >= 11 is 12.1. The number of alkyl halides is 3. The fraction of sp³-hybridized carbons (Fsp3) is 0.769. The zero-order chi connectivity index (χ0) is 48.3. The SMILES string of the molecule is BrCCCCCCCCBr.O=C1CCC(N2Cc3c(SCCCCCCCCN4CCCCC4=O)cccc3C2=O)C(=O)N1.O=C1CCCCN1.O=C1CCCCN1CCCCCCCCBr. The second kappa shape index (κ2) is 37.8. The van der Waals surface area contributed by atoms with E-state index in [1.807, 2.05) is 17.0 Å². The summed E-state index contributed by atoms with van der Waals surface area (Å²) in [5.74, 6) is 1.19. The molecule has 15 heteroatoms. The van der Waals surface area contributed by atoms with E-state index >= 15 is 0 Å². The summed E-state index contributed by atoms with van der Waals surface area (Å²) < 4.78 is 0. The first-order valence-electron chi connectivity index (χ1n) is 26.1. The van der Waals surface area contributed by atoms with E-state index in [1.165, 1.54) is 120 Å². The van der Waals surface area contributed by atoms with Crippen molar-refractivity contribution in [2.75, 3.05) is 54.5 Å². The summed E-state index contributed by atoms with van der Waals surface area (Å²) in [5, 5.41) is 8.58. The van der Waals surface area contributed by atoms with Crippen LogP contribution in [0.5, 0.6) is 0 Å². The Morgan fingerprint density at radius 1 is 0.552 bits per heavy atom. The third-order valence-electron chi connectivity index (χ3n) is 12.9. The van der Waals surface area contributed by atoms with Crippen LogP contribution < -0.4 is 10.6 Å². The molecule has 6 amide bonds. The first-order chi connectivity index (χ1) is 32.7. The number of carbonyl (C=O) groups excluding carboxylic acids is 6. The molecule has 0 spiro atoms. The molecule has 1 aromatic rings. The molecule has 0 saturated carbocycles. The lowest BCUT2D eigenvalue weighted by Crippen LogP contribution is -2.52. The number of amides is 6. The fourth-order valence-corrected chi connectivity index (χ4v) is 11.2. The summed E-state index contributed by atoms with van der Waals surface area (Å²) in [6.07, 6.45) is 32.8. The number of likely N-dealkylation sites (tertiary alicyclic amines) is 2. The van der Waals surface area contributed by atoms with Crippen LogP contribution in [0, 0.1) is 0 Å². The Morgan fingerprint density at radius 3 is 1.52 bits per heavy atom. The van der Waals surface area contributed by atoms with Crippen molar-refractivity contribution in [2.45, 2.75) is 204 Å². The average molecular weight is 1150 g/mol. The minimum absolute atomic E-state index is 0.113. The molecule has 1 atom stereocenters. The molecule has 1 unspecified atom stereocenters. The highest BCUT2D eigenvalue weighted by Gasteiger charge is 2.39. The molecule has 380 valence electrons. The molecule has 0 aliphatic carbocycles. The number of nitrogens with zero attached hydrogens (tertiary/aromatic N) is 3. The molecule has 2 N–H and O–H groups in total. The van der Waals surface area contributed by atoms with Gasteiger partial charge in [-0.3, -0.25) is 34.1 Å². The number of fused-ring (bicyclic) bond motifs is 1. The van der Waals surface area contributed by atoms with Crippen LogP contribution in [0.3, 0.4) is 0 Å². The molecular weight excluding hydrogens is 1060 g/mol. The van der Waals surface area contributed by atoms with Crippen LogP contribution in [-0.4, -0.2) is 111 Å². The van der Waals surface area contributed by atoms with Gasteiger partial charge in [0.05, 0.1) is 0 Å². The zero-order valence-electron chi connectivity index (χ0n) is 40.7. The number of carbonyl (C=O) groups is 6. The molecule has 4 fully saturated rings. The van der Waals surface area contributed by atoms with Crippen LogP contribution in [-0.2, 0) is 30.5 Å². The number of hydrogen-bond acceptors (Lipinski definition) is 7. The number of nitrogens with one attached hydrogen (secondary N) is 2. The van der Waals surface area contributed by atoms with Gasteiger partial charge in [0.25, 0.3) is 5.91 Å². The maximum absolute atomic E-state index is 12.9. The van der Waals surface area contributed by atoms with Crippen molar-refractivity contribution in [2.24, 2.45) is 0 Å². The molecule has 4 saturated heterocycles. The fourth-order valence-electron chi connectivity index (χ4n) is 8.91. The van der Waals surface area contributed by atoms with Crippen molar-refractivity contribution in [1.29, 1.82) is 0 Å². The van der Waals surface area contributed by atoms with Gasteiger partial charge < -0.3 is 20.0 Å². The van der Waals surface area contributed by atoms with Crippen molar-refractivity contribution in [1.82, 2.24) is 25.3 Å². The zero-order valence-corrected chi connectivity index (χ0v) is 46.3. The second-order valence-electron chi connectivity index (χ2n) is 18.4. The van der Waals surface area contributed by atoms with Crippen molar-refractivity contribution >= 4 is 95.0 Å². The number of thioether (sulfide) groups is 1. The van der Waals surface area contributed by atoms with E-state index in [2.05, 4.69) is 69.4 Å². The molecule has 5 aliphatic heterocycles. The van der Waals surface area contributed by atoms with Gasteiger partial charge in [0.2, 0.25) is 29.5 Å². The van der Waals surface area contributed by atoms with Gasteiger partial charge in [0.1, 0.15) is 6.04 Å². The number of imide groups is 1. The predicted molar refractivity (Wildman–Crippen MR) is 285 cm³/mol. The van der Waals surface area contributed by atoms with Gasteiger partial charge in [-0.15, -0.1) is 11.8 Å². The van der Waals surface area contributed by atoms with E-state index in [9.17, 15) is 28.8 Å². The molecule has 1 aromatic carbocycles. The van der Waals surface area contributed by atoms with Crippen molar-refractivity contribution in [3.05, 3.63) is 29.3 Å². The largest absolute Gasteiger partial charge is 0.356 e. The number of halogens is 3. The van der Waals surface area contributed by atoms with Crippen LogP contribution in [0.15, 0.2) is 23.1 Å². The molecule has 11 nitrogen and oxygen atoms in total. The third kappa shape index (κ3) is 25.1. The topological polar surface area (TPSA) is 136 Å². The van der Waals surface area contributed by atoms with Crippen LogP contribution in [0.25, 0.3) is 0 Å². The molecule has 0 bridgehead atoms. The Morgan fingerprint density at radius 2 is 1.06 bits per heavy atom. The van der Waals surface area contributed by atoms with E-state index in [1.54, 1.807) is 16.7 Å². The molecule has 5 aliphatic rings. The van der Waals surface area contributed by atoms with Crippen LogP contribution in [0.4, 0.5) is 0 Å². The first kappa shape index (κ1) is 59.3. The van der Waals surface area contributed by atoms with Gasteiger partial charge in [0.15, 0.2) is 0 Å². The molecule has 67 heavy (non-hydrogen) atoms. The maximum atomic E-state index is 12.9. The molecule has 0 radical (unpaired) electrons. The van der Waals surface area contributed by atoms with E-state index < -0.39 is 6.04 Å². The first-order valence-corrected chi connectivity index (χ1v) is 30.4. The number of unbranched alkanes of at least 4 members (excludes halogenated alkanes) is 15. The Bertz CT molecular complexity index is 1590. The quantitative estimate of drug-likeness (QED) is 0.0408. The van der Waals surface area contributed by atoms with Gasteiger partial charge in [0, 0.05) is 91.4 Å². The van der Waals surface area contributed by atoms with E-state index in [-0.39, 0.29) is 30.0 Å². The Hall–Kier alpha value is -1.97. The van der Waals surface area contributed by atoms with Gasteiger partial charge in [-0.05, 0) is 107 Å². The lowest BCUT2D eigenvalue weighted by Gasteiger charge is -2.29. The van der Waals surface area contributed by atoms with Crippen LogP contribution >= 0.6 is 59.6 Å². The highest BCUT2D eigenvalue weighted by atomic mass is 79.9. The van der Waals surface area contributed by atoms with Gasteiger partial charge in [-0.1, -0.05) is 131 Å². The summed E-state index contributed by atoms with van der Waals surface area (Å²) in [6, 6.07) is 5.25. The minimum atomic E-state index is -0.566. The van der Waals surface area contributed by atoms with E-state index in [0.29, 0.717) is 30.3 Å². The molecule has 5 heterocycles. The molecular formula is C52H84Br3N5O6S. The van der Waals surface area contributed by atoms with E-state index in [4.69, 9.17) is 0 Å². The maximum Gasteiger partial charge on any atom is 0.255 e. The van der Waals surface area contributed by atoms with Gasteiger partial charge >= 0.3 is 0 Å². The summed E-state index contributed by atoms with van der Waals surface area (Å²) in [5.41, 5.74) is 1.69. The number of benzene rings is 1. The Kier molecular flexibility index (Phi) is 33.5. The average Bonchev–Trinajstić information content (AvgIpc) is 3.67. The lowest BCUT2D eigenvalue weighted by molar-refractivity contribution is -0.137. The Labute approximate surface area is 433 Å². The lowest BCUT2D eigenvalue weighted by atomic mass is 10.0. The van der Waals surface area contributed by atoms with Crippen molar-refractivity contribution in [3.8, 4) is 0 Å². The van der Waals surface area contributed by atoms with Crippen molar-refractivity contribution in [3.63, 3.8) is 0 Å². The summed E-state index contributed by atoms with van der Waals surface area (Å²) in [4.78, 5) is 77.2. The van der Waals surface area contributed by atoms with Crippen molar-refractivity contribution < 1.29 is 28.8 Å². The minimum Gasteiger partial charge on any atom is -0.356 e. The molecule has 6 rings (SSSR count). The van der Waals surface area contributed by atoms with Crippen LogP contribution in [0.1, 0.15) is 202 Å². The number of rotatable bonds is 26. The van der Waals surface area contributed by atoms with Gasteiger partial charge in [-0.2, -0.15) is 0 Å². The van der Waals surface area contributed by atoms with E-state index in [0.717, 1.165) is 118 Å². The normalized spacial score (nSPS) is 18.3. The standard InChI is InChI=1S/C26H35N3O4S.C13H24BrNO.C8H16Br2.C5H9NO/c30-23-14-13-21(25(32)27-23)29-18-20-19(26(29)33)10-9-11-22(20)34-17-8-4-2-1-3-6-15-28-16-7-5-12-24(28)31;14-10-6-3-1-2-4-7-11-15-12-8-5-9-13(15)16;9-7-5-3-1-2-4-6-8-10;7-5-3-1-2-4-6-5/h9-11,21H,1-8,12-18H2,(H,27,30,32);1-12H2;1-8H2;1-4H2,(H,6,7). The summed E-state index contributed by atoms with van der Waals surface area (Å²) in [6.45, 7) is 5.18. The highest BCUT2D eigenvalue weighted by Crippen LogP contribution is 2.35. The number of hydrogen-bond donors (Lipinski definition) is 2. The monoisotopic (exact) mass is 1140 g/mol. The van der Waals surface area contributed by atoms with Gasteiger partial charge in [-0.25, -0.2) is 0 Å². The smallest absolute Gasteiger partial charge is 0.255 e. The summed E-state index contributed by atoms with van der Waals surface area (Å²) in [7, 11) is 0. The highest BCUT2D eigenvalue weighted by molar-refractivity contribution is 9.09. The second-order valence-corrected chi connectivity index (χ2v) is 22.0. The van der Waals surface area contributed by atoms with Crippen LogP contribution in [0.2, 0.25) is 0 Å².